The summed E-state index contributed by atoms with van der Waals surface area (Å²) in [6.07, 6.45) is 11.7. The second-order valence-corrected chi connectivity index (χ2v) is 8.78. The summed E-state index contributed by atoms with van der Waals surface area (Å²) in [6, 6.07) is 0. The minimum atomic E-state index is -0.201. The van der Waals surface area contributed by atoms with Crippen LogP contribution < -0.4 is 5.73 Å². The van der Waals surface area contributed by atoms with E-state index in [1.54, 1.807) is 0 Å². The molecule has 3 saturated carbocycles. The molecule has 0 aromatic heterocycles. The van der Waals surface area contributed by atoms with Crippen LogP contribution in [0.3, 0.4) is 0 Å². The van der Waals surface area contributed by atoms with Crippen molar-refractivity contribution in [3.63, 3.8) is 0 Å². The molecule has 3 aliphatic carbocycles. The van der Waals surface area contributed by atoms with Crippen LogP contribution in [-0.2, 0) is 9.31 Å². The quantitative estimate of drug-likeness (QED) is 0.416. The molecule has 0 amide bonds. The zero-order chi connectivity index (χ0) is 16.7. The Balaban J connectivity index is 1.47. The zero-order valence-corrected chi connectivity index (χ0v) is 15.2. The molecule has 1 heterocycles. The van der Waals surface area contributed by atoms with E-state index in [1.807, 2.05) is 6.08 Å². The molecule has 4 aliphatic rings. The maximum Gasteiger partial charge on any atom is 0.475 e. The highest BCUT2D eigenvalue weighted by Gasteiger charge is 2.68. The third kappa shape index (κ3) is 3.03. The first-order valence-electron chi connectivity index (χ1n) is 9.59. The topological polar surface area (TPSA) is 44.5 Å². The average molecular weight is 319 g/mol. The fourth-order valence-corrected chi connectivity index (χ4v) is 5.24. The van der Waals surface area contributed by atoms with E-state index >= 15 is 0 Å². The molecular formula is C19H34BNO2. The van der Waals surface area contributed by atoms with Gasteiger partial charge in [-0.05, 0) is 56.3 Å². The van der Waals surface area contributed by atoms with Crippen molar-refractivity contribution in [2.24, 2.45) is 23.0 Å². The molecule has 0 aromatic carbocycles. The van der Waals surface area contributed by atoms with E-state index in [2.05, 4.69) is 27.4 Å². The first-order valence-corrected chi connectivity index (χ1v) is 9.59. The second kappa shape index (κ2) is 6.53. The van der Waals surface area contributed by atoms with E-state index < -0.39 is 0 Å². The number of rotatable bonds is 8. The molecule has 0 radical (unpaired) electrons. The summed E-state index contributed by atoms with van der Waals surface area (Å²) < 4.78 is 12.7. The summed E-state index contributed by atoms with van der Waals surface area (Å²) in [6.45, 7) is 10.8. The summed E-state index contributed by atoms with van der Waals surface area (Å²) in [4.78, 5) is 0. The molecule has 2 bridgehead atoms. The van der Waals surface area contributed by atoms with Gasteiger partial charge in [-0.25, -0.2) is 0 Å². The van der Waals surface area contributed by atoms with E-state index in [9.17, 15) is 0 Å². The average Bonchev–Trinajstić information content (AvgIpc) is 2.87. The number of nitrogens with two attached hydrogens (primary N) is 1. The minimum absolute atomic E-state index is 0.0112. The van der Waals surface area contributed by atoms with Crippen LogP contribution in [0.25, 0.3) is 0 Å². The van der Waals surface area contributed by atoms with Crippen LogP contribution >= 0.6 is 0 Å². The van der Waals surface area contributed by atoms with E-state index in [0.29, 0.717) is 11.3 Å². The van der Waals surface area contributed by atoms with Crippen LogP contribution in [0.15, 0.2) is 12.7 Å². The maximum absolute atomic E-state index is 6.44. The van der Waals surface area contributed by atoms with Crippen molar-refractivity contribution in [2.45, 2.75) is 89.8 Å². The number of allylic oxidation sites excluding steroid dienone is 1. The maximum atomic E-state index is 6.44. The first-order chi connectivity index (χ1) is 10.9. The lowest BCUT2D eigenvalue weighted by atomic mass is 9.43. The molecular weight excluding hydrogens is 285 g/mol. The fourth-order valence-electron chi connectivity index (χ4n) is 5.24. The molecule has 0 spiro atoms. The van der Waals surface area contributed by atoms with Gasteiger partial charge in [0.2, 0.25) is 0 Å². The highest BCUT2D eigenvalue weighted by atomic mass is 16.7. The summed E-state index contributed by atoms with van der Waals surface area (Å²) in [5.74, 6) is 1.43. The lowest BCUT2D eigenvalue weighted by molar-refractivity contribution is -0.199. The van der Waals surface area contributed by atoms with Gasteiger partial charge in [0.1, 0.15) is 0 Å². The molecule has 4 unspecified atom stereocenters. The van der Waals surface area contributed by atoms with Gasteiger partial charge in [-0.2, -0.15) is 0 Å². The molecule has 4 fully saturated rings. The van der Waals surface area contributed by atoms with Gasteiger partial charge in [0.05, 0.1) is 11.7 Å². The van der Waals surface area contributed by atoms with E-state index in [-0.39, 0.29) is 24.8 Å². The SMILES string of the molecule is C=CCCCCCC[C@@H](N)B1OC2CC3CC(C3(C)C)C2(C)O1. The Bertz CT molecular complexity index is 441. The third-order valence-electron chi connectivity index (χ3n) is 7.01. The van der Waals surface area contributed by atoms with Crippen molar-refractivity contribution in [3.05, 3.63) is 12.7 Å². The smallest absolute Gasteiger partial charge is 0.404 e. The highest BCUT2D eigenvalue weighted by Crippen LogP contribution is 2.65. The molecule has 4 heteroatoms. The zero-order valence-electron chi connectivity index (χ0n) is 15.2. The second-order valence-electron chi connectivity index (χ2n) is 8.78. The molecule has 5 atom stereocenters. The predicted octanol–water partition coefficient (Wildman–Crippen LogP) is 4.11. The number of unbranched alkanes of at least 4 members (excludes halogenated alkanes) is 4. The van der Waals surface area contributed by atoms with Crippen molar-refractivity contribution < 1.29 is 9.31 Å². The van der Waals surface area contributed by atoms with Gasteiger partial charge in [-0.1, -0.05) is 39.2 Å². The number of hydrogen-bond acceptors (Lipinski definition) is 3. The third-order valence-corrected chi connectivity index (χ3v) is 7.01. The highest BCUT2D eigenvalue weighted by molar-refractivity contribution is 6.47. The fraction of sp³-hybridized carbons (Fsp3) is 0.895. The van der Waals surface area contributed by atoms with Crippen molar-refractivity contribution in [1.82, 2.24) is 0 Å². The first kappa shape index (κ1) is 17.5. The minimum Gasteiger partial charge on any atom is -0.404 e. The van der Waals surface area contributed by atoms with Gasteiger partial charge in [-0.3, -0.25) is 0 Å². The molecule has 1 saturated heterocycles. The van der Waals surface area contributed by atoms with Crippen molar-refractivity contribution >= 4 is 7.12 Å². The van der Waals surface area contributed by atoms with Crippen LogP contribution in [-0.4, -0.2) is 24.8 Å². The molecule has 23 heavy (non-hydrogen) atoms. The molecule has 2 N–H and O–H groups in total. The summed E-state index contributed by atoms with van der Waals surface area (Å²) >= 11 is 0. The summed E-state index contributed by atoms with van der Waals surface area (Å²) in [5.41, 5.74) is 6.67. The number of hydrogen-bond donors (Lipinski definition) is 1. The lowest BCUT2D eigenvalue weighted by Crippen LogP contribution is -2.65. The predicted molar refractivity (Wildman–Crippen MR) is 96.0 cm³/mol. The normalized spacial score (nSPS) is 38.8. The largest absolute Gasteiger partial charge is 0.475 e. The van der Waals surface area contributed by atoms with Crippen molar-refractivity contribution in [1.29, 1.82) is 0 Å². The van der Waals surface area contributed by atoms with Crippen LogP contribution in [0.1, 0.15) is 72.1 Å². The van der Waals surface area contributed by atoms with Gasteiger partial charge in [0, 0.05) is 5.94 Å². The van der Waals surface area contributed by atoms with E-state index in [0.717, 1.165) is 25.2 Å². The van der Waals surface area contributed by atoms with E-state index in [4.69, 9.17) is 15.0 Å². The van der Waals surface area contributed by atoms with Crippen LogP contribution in [0.4, 0.5) is 0 Å². The van der Waals surface area contributed by atoms with Crippen LogP contribution in [0.5, 0.6) is 0 Å². The Morgan fingerprint density at radius 3 is 2.65 bits per heavy atom. The Kier molecular flexibility index (Phi) is 4.97. The lowest BCUT2D eigenvalue weighted by Gasteiger charge is -2.64. The van der Waals surface area contributed by atoms with Crippen LogP contribution in [0.2, 0.25) is 0 Å². The van der Waals surface area contributed by atoms with Gasteiger partial charge in [-0.15, -0.1) is 6.58 Å². The molecule has 3 nitrogen and oxygen atoms in total. The Morgan fingerprint density at radius 2 is 1.96 bits per heavy atom. The monoisotopic (exact) mass is 319 g/mol. The molecule has 1 aliphatic heterocycles. The molecule has 4 rings (SSSR count). The molecule has 130 valence electrons. The standard InChI is InChI=1S/C19H34BNO2/c1-5-6-7-8-9-10-11-17(21)20-22-16-13-14-12-15(18(14,2)3)19(16,4)23-20/h5,14-17H,1,6-13,21H2,2-4H3/t14?,15?,16?,17-,19?/m1/s1. The van der Waals surface area contributed by atoms with Gasteiger partial charge in [0.25, 0.3) is 0 Å². The van der Waals surface area contributed by atoms with Crippen LogP contribution in [0, 0.1) is 17.3 Å². The summed E-state index contributed by atoms with van der Waals surface area (Å²) in [5, 5.41) is 0. The molecule has 0 aromatic rings. The Labute approximate surface area is 142 Å². The summed E-state index contributed by atoms with van der Waals surface area (Å²) in [7, 11) is -0.201. The Morgan fingerprint density at radius 1 is 1.22 bits per heavy atom. The van der Waals surface area contributed by atoms with Crippen molar-refractivity contribution in [2.75, 3.05) is 0 Å². The van der Waals surface area contributed by atoms with E-state index in [1.165, 1.54) is 32.1 Å². The van der Waals surface area contributed by atoms with Gasteiger partial charge >= 0.3 is 7.12 Å². The Hall–Kier alpha value is -0.315. The van der Waals surface area contributed by atoms with Gasteiger partial charge in [0.15, 0.2) is 0 Å². The van der Waals surface area contributed by atoms with Crippen molar-refractivity contribution in [3.8, 4) is 0 Å². The van der Waals surface area contributed by atoms with Gasteiger partial charge < -0.3 is 15.0 Å².